The minimum atomic E-state index is 0.879. The number of fused-ring (bicyclic) bond motifs is 9. The molecule has 3 aromatic heterocycles. The standard InChI is InChI=1S/C42H25NO2/c1-2-11-26(12-3-1)33-24-28(27-21-22-40-34(23-27)31-15-6-9-20-39(31)44-40)25-35-32-16-10-19-38(42(32)45-41(33)35)43-36-17-7-4-13-29(36)30-14-5-8-18-37(30)43/h1-25H. The largest absolute Gasteiger partial charge is 0.456 e. The van der Waals surface area contributed by atoms with Crippen molar-refractivity contribution in [2.24, 2.45) is 0 Å². The van der Waals surface area contributed by atoms with Gasteiger partial charge in [0.2, 0.25) is 0 Å². The number of hydrogen-bond acceptors (Lipinski definition) is 2. The van der Waals surface area contributed by atoms with Gasteiger partial charge in [-0.25, -0.2) is 0 Å². The zero-order valence-electron chi connectivity index (χ0n) is 24.2. The van der Waals surface area contributed by atoms with Gasteiger partial charge in [0.1, 0.15) is 16.7 Å². The molecule has 0 aliphatic rings. The summed E-state index contributed by atoms with van der Waals surface area (Å²) in [7, 11) is 0. The van der Waals surface area contributed by atoms with Crippen molar-refractivity contribution in [3.05, 3.63) is 152 Å². The van der Waals surface area contributed by atoms with Gasteiger partial charge in [-0.05, 0) is 65.2 Å². The molecule has 3 heteroatoms. The van der Waals surface area contributed by atoms with Gasteiger partial charge in [0.15, 0.2) is 5.58 Å². The fourth-order valence-electron chi connectivity index (χ4n) is 7.15. The maximum Gasteiger partial charge on any atom is 0.159 e. The number of hydrogen-bond donors (Lipinski definition) is 0. The van der Waals surface area contributed by atoms with Gasteiger partial charge < -0.3 is 13.4 Å². The quantitative estimate of drug-likeness (QED) is 0.210. The minimum absolute atomic E-state index is 0.879. The Morgan fingerprint density at radius 3 is 1.80 bits per heavy atom. The Morgan fingerprint density at radius 1 is 0.356 bits per heavy atom. The normalized spacial score (nSPS) is 12.0. The monoisotopic (exact) mass is 575 g/mol. The van der Waals surface area contributed by atoms with Gasteiger partial charge in [0, 0.05) is 37.9 Å². The summed E-state index contributed by atoms with van der Waals surface area (Å²) in [6.07, 6.45) is 0. The van der Waals surface area contributed by atoms with Crippen molar-refractivity contribution in [1.82, 2.24) is 4.57 Å². The number of nitrogens with zero attached hydrogens (tertiary/aromatic N) is 1. The Bertz CT molecular complexity index is 2710. The number of aromatic nitrogens is 1. The molecule has 3 nitrogen and oxygen atoms in total. The lowest BCUT2D eigenvalue weighted by atomic mass is 9.95. The van der Waals surface area contributed by atoms with Crippen LogP contribution in [0.2, 0.25) is 0 Å². The van der Waals surface area contributed by atoms with Crippen LogP contribution >= 0.6 is 0 Å². The van der Waals surface area contributed by atoms with Crippen LogP contribution in [0.25, 0.3) is 93.6 Å². The lowest BCUT2D eigenvalue weighted by Crippen LogP contribution is -1.93. The van der Waals surface area contributed by atoms with E-state index in [1.165, 1.54) is 10.8 Å². The van der Waals surface area contributed by atoms with E-state index in [1.54, 1.807) is 0 Å². The molecule has 0 bridgehead atoms. The molecule has 0 amide bonds. The van der Waals surface area contributed by atoms with Gasteiger partial charge >= 0.3 is 0 Å². The predicted molar refractivity (Wildman–Crippen MR) is 186 cm³/mol. The van der Waals surface area contributed by atoms with E-state index >= 15 is 0 Å². The fourth-order valence-corrected chi connectivity index (χ4v) is 7.15. The summed E-state index contributed by atoms with van der Waals surface area (Å²) in [4.78, 5) is 0. The summed E-state index contributed by atoms with van der Waals surface area (Å²) >= 11 is 0. The van der Waals surface area contributed by atoms with E-state index in [9.17, 15) is 0 Å². The number of rotatable bonds is 3. The molecule has 0 fully saturated rings. The van der Waals surface area contributed by atoms with Crippen LogP contribution in [0, 0.1) is 0 Å². The van der Waals surface area contributed by atoms with E-state index < -0.39 is 0 Å². The highest BCUT2D eigenvalue weighted by atomic mass is 16.3. The second-order valence-electron chi connectivity index (χ2n) is 11.7. The first-order valence-electron chi connectivity index (χ1n) is 15.3. The van der Waals surface area contributed by atoms with E-state index in [0.717, 1.165) is 82.9 Å². The zero-order chi connectivity index (χ0) is 29.5. The number of para-hydroxylation sites is 4. The average molecular weight is 576 g/mol. The van der Waals surface area contributed by atoms with Crippen LogP contribution in [0.15, 0.2) is 160 Å². The first-order chi connectivity index (χ1) is 22.3. The molecule has 0 unspecified atom stereocenters. The van der Waals surface area contributed by atoms with Crippen LogP contribution in [0.1, 0.15) is 0 Å². The highest BCUT2D eigenvalue weighted by molar-refractivity contribution is 6.15. The molecule has 0 radical (unpaired) electrons. The van der Waals surface area contributed by atoms with Crippen LogP contribution in [0.5, 0.6) is 0 Å². The molecule has 10 aromatic rings. The van der Waals surface area contributed by atoms with Crippen LogP contribution in [0.4, 0.5) is 0 Å². The molecule has 45 heavy (non-hydrogen) atoms. The Labute approximate surface area is 258 Å². The third kappa shape index (κ3) is 3.52. The van der Waals surface area contributed by atoms with E-state index in [4.69, 9.17) is 8.83 Å². The fraction of sp³-hybridized carbons (Fsp3) is 0. The SMILES string of the molecule is c1ccc(-c2cc(-c3ccc4oc5ccccc5c4c3)cc3c2oc2c(-n4c5ccccc5c5ccccc54)cccc23)cc1. The summed E-state index contributed by atoms with van der Waals surface area (Å²) in [5.41, 5.74) is 11.4. The highest BCUT2D eigenvalue weighted by Crippen LogP contribution is 2.43. The molecule has 0 N–H and O–H groups in total. The summed E-state index contributed by atoms with van der Waals surface area (Å²) < 4.78 is 15.4. The van der Waals surface area contributed by atoms with Crippen LogP contribution in [0.3, 0.4) is 0 Å². The molecule has 210 valence electrons. The van der Waals surface area contributed by atoms with E-state index in [2.05, 4.69) is 144 Å². The Morgan fingerprint density at radius 2 is 1.00 bits per heavy atom. The molecule has 0 atom stereocenters. The first-order valence-corrected chi connectivity index (χ1v) is 15.3. The summed E-state index contributed by atoms with van der Waals surface area (Å²) in [5, 5.41) is 6.91. The lowest BCUT2D eigenvalue weighted by molar-refractivity contribution is 0.667. The molecule has 0 saturated heterocycles. The first kappa shape index (κ1) is 24.4. The van der Waals surface area contributed by atoms with Crippen molar-refractivity contribution < 1.29 is 8.83 Å². The number of furan rings is 2. The molecule has 3 heterocycles. The van der Waals surface area contributed by atoms with Crippen LogP contribution < -0.4 is 0 Å². The Kier molecular flexibility index (Phi) is 5.00. The molecule has 0 saturated carbocycles. The minimum Gasteiger partial charge on any atom is -0.456 e. The predicted octanol–water partition coefficient (Wildman–Crippen LogP) is 11.9. The van der Waals surface area contributed by atoms with Crippen molar-refractivity contribution in [3.63, 3.8) is 0 Å². The van der Waals surface area contributed by atoms with Crippen LogP contribution in [-0.4, -0.2) is 4.57 Å². The van der Waals surface area contributed by atoms with Crippen molar-refractivity contribution in [1.29, 1.82) is 0 Å². The van der Waals surface area contributed by atoms with Gasteiger partial charge in [-0.2, -0.15) is 0 Å². The average Bonchev–Trinajstić information content (AvgIpc) is 3.77. The highest BCUT2D eigenvalue weighted by Gasteiger charge is 2.20. The second-order valence-corrected chi connectivity index (χ2v) is 11.7. The van der Waals surface area contributed by atoms with Gasteiger partial charge in [0.05, 0.1) is 16.7 Å². The summed E-state index contributed by atoms with van der Waals surface area (Å²) in [5.74, 6) is 0. The smallest absolute Gasteiger partial charge is 0.159 e. The third-order valence-electron chi connectivity index (χ3n) is 9.19. The van der Waals surface area contributed by atoms with Gasteiger partial charge in [-0.15, -0.1) is 0 Å². The van der Waals surface area contributed by atoms with E-state index in [-0.39, 0.29) is 0 Å². The molecule has 0 aliphatic carbocycles. The summed E-state index contributed by atoms with van der Waals surface area (Å²) in [6.45, 7) is 0. The molecule has 7 aromatic carbocycles. The van der Waals surface area contributed by atoms with Crippen molar-refractivity contribution in [3.8, 4) is 27.9 Å². The Hall–Kier alpha value is -6.06. The van der Waals surface area contributed by atoms with Gasteiger partial charge in [-0.3, -0.25) is 0 Å². The zero-order valence-corrected chi connectivity index (χ0v) is 24.2. The maximum atomic E-state index is 6.96. The number of benzene rings is 7. The van der Waals surface area contributed by atoms with E-state index in [0.29, 0.717) is 0 Å². The van der Waals surface area contributed by atoms with Gasteiger partial charge in [-0.1, -0.05) is 103 Å². The summed E-state index contributed by atoms with van der Waals surface area (Å²) in [6, 6.07) is 53.6. The molecule has 10 rings (SSSR count). The lowest BCUT2D eigenvalue weighted by Gasteiger charge is -2.08. The molecule has 0 aliphatic heterocycles. The van der Waals surface area contributed by atoms with Crippen molar-refractivity contribution in [2.75, 3.05) is 0 Å². The molecular formula is C42H25NO2. The maximum absolute atomic E-state index is 6.96. The third-order valence-corrected chi connectivity index (χ3v) is 9.19. The van der Waals surface area contributed by atoms with Crippen molar-refractivity contribution in [2.45, 2.75) is 0 Å². The molecule has 0 spiro atoms. The topological polar surface area (TPSA) is 31.2 Å². The van der Waals surface area contributed by atoms with Crippen molar-refractivity contribution >= 4 is 65.7 Å². The van der Waals surface area contributed by atoms with Gasteiger partial charge in [0.25, 0.3) is 0 Å². The molecular weight excluding hydrogens is 550 g/mol. The second kappa shape index (κ2) is 9.22. The van der Waals surface area contributed by atoms with E-state index in [1.807, 2.05) is 12.1 Å². The Balaban J connectivity index is 1.28. The van der Waals surface area contributed by atoms with Crippen LogP contribution in [-0.2, 0) is 0 Å².